The topological polar surface area (TPSA) is 38.3 Å². The molecular formula is C15H31NO2S. The van der Waals surface area contributed by atoms with E-state index >= 15 is 0 Å². The number of ether oxygens (including phenoxy) is 1. The number of carbonyl (C=O) groups is 1. The van der Waals surface area contributed by atoms with E-state index in [4.69, 9.17) is 4.74 Å². The van der Waals surface area contributed by atoms with E-state index in [1.165, 1.54) is 31.4 Å². The number of alkyl carbamates (subject to hydrolysis) is 1. The second-order valence-corrected chi connectivity index (χ2v) is 7.48. The highest BCUT2D eigenvalue weighted by atomic mass is 32.2. The molecule has 0 bridgehead atoms. The molecule has 0 aromatic heterocycles. The number of rotatable bonds is 9. The van der Waals surface area contributed by atoms with Crippen LogP contribution in [0.4, 0.5) is 4.79 Å². The van der Waals surface area contributed by atoms with Gasteiger partial charge in [-0.2, -0.15) is 11.8 Å². The standard InChI is InChI=1S/C15H31NO2S/c1-6-13(2)19-12-10-8-7-9-11-16-14(17)18-15(3,4)5/h13H,6-12H2,1-5H3,(H,16,17). The minimum absolute atomic E-state index is 0.306. The van der Waals surface area contributed by atoms with E-state index in [1.54, 1.807) is 0 Å². The predicted octanol–water partition coefficient (Wildman–Crippen LogP) is 4.60. The Kier molecular flexibility index (Phi) is 10.2. The van der Waals surface area contributed by atoms with Gasteiger partial charge in [0.2, 0.25) is 0 Å². The summed E-state index contributed by atoms with van der Waals surface area (Å²) >= 11 is 2.06. The van der Waals surface area contributed by atoms with Gasteiger partial charge in [0.05, 0.1) is 0 Å². The van der Waals surface area contributed by atoms with Crippen LogP contribution in [0.1, 0.15) is 66.7 Å². The summed E-state index contributed by atoms with van der Waals surface area (Å²) < 4.78 is 5.17. The zero-order valence-corrected chi connectivity index (χ0v) is 14.1. The Morgan fingerprint density at radius 3 is 2.42 bits per heavy atom. The summed E-state index contributed by atoms with van der Waals surface area (Å²) in [5.74, 6) is 1.26. The largest absolute Gasteiger partial charge is 0.444 e. The Bertz CT molecular complexity index is 239. The minimum Gasteiger partial charge on any atom is -0.444 e. The second kappa shape index (κ2) is 10.4. The molecule has 0 aliphatic rings. The van der Waals surface area contributed by atoms with Gasteiger partial charge in [0.1, 0.15) is 5.60 Å². The molecule has 0 radical (unpaired) electrons. The fraction of sp³-hybridized carbons (Fsp3) is 0.933. The van der Waals surface area contributed by atoms with Gasteiger partial charge in [0.25, 0.3) is 0 Å². The molecule has 1 amide bonds. The van der Waals surface area contributed by atoms with Crippen molar-refractivity contribution in [3.63, 3.8) is 0 Å². The monoisotopic (exact) mass is 289 g/mol. The van der Waals surface area contributed by atoms with Gasteiger partial charge >= 0.3 is 6.09 Å². The van der Waals surface area contributed by atoms with Crippen LogP contribution >= 0.6 is 11.8 Å². The molecule has 0 heterocycles. The first-order valence-corrected chi connectivity index (χ1v) is 8.48. The van der Waals surface area contributed by atoms with E-state index < -0.39 is 5.60 Å². The van der Waals surface area contributed by atoms with Crippen LogP contribution in [-0.4, -0.2) is 29.2 Å². The molecular weight excluding hydrogens is 258 g/mol. The van der Waals surface area contributed by atoms with Crippen molar-refractivity contribution in [2.24, 2.45) is 0 Å². The number of carbonyl (C=O) groups excluding carboxylic acids is 1. The quantitative estimate of drug-likeness (QED) is 0.630. The van der Waals surface area contributed by atoms with Gasteiger partial charge in [-0.1, -0.05) is 26.7 Å². The van der Waals surface area contributed by atoms with Gasteiger partial charge in [-0.25, -0.2) is 4.79 Å². The minimum atomic E-state index is -0.405. The van der Waals surface area contributed by atoms with Crippen LogP contribution in [0, 0.1) is 0 Å². The summed E-state index contributed by atoms with van der Waals surface area (Å²) in [5.41, 5.74) is -0.405. The molecule has 0 aliphatic heterocycles. The lowest BCUT2D eigenvalue weighted by molar-refractivity contribution is 0.0527. The SMILES string of the molecule is CCC(C)SCCCCCCNC(=O)OC(C)(C)C. The van der Waals surface area contributed by atoms with Crippen molar-refractivity contribution in [1.82, 2.24) is 5.32 Å². The summed E-state index contributed by atoms with van der Waals surface area (Å²) in [6.07, 6.45) is 5.69. The van der Waals surface area contributed by atoms with Gasteiger partial charge in [0, 0.05) is 11.8 Å². The van der Waals surface area contributed by atoms with Crippen molar-refractivity contribution in [1.29, 1.82) is 0 Å². The summed E-state index contributed by atoms with van der Waals surface area (Å²) in [4.78, 5) is 11.4. The lowest BCUT2D eigenvalue weighted by Crippen LogP contribution is -2.32. The Morgan fingerprint density at radius 1 is 1.21 bits per heavy atom. The molecule has 0 saturated heterocycles. The zero-order valence-electron chi connectivity index (χ0n) is 13.3. The normalized spacial score (nSPS) is 13.1. The molecule has 1 N–H and O–H groups in total. The Morgan fingerprint density at radius 2 is 1.84 bits per heavy atom. The molecule has 0 spiro atoms. The third kappa shape index (κ3) is 13.8. The van der Waals surface area contributed by atoms with Crippen LogP contribution in [0.15, 0.2) is 0 Å². The maximum absolute atomic E-state index is 11.4. The average Bonchev–Trinajstić information content (AvgIpc) is 2.29. The smallest absolute Gasteiger partial charge is 0.407 e. The number of hydrogen-bond donors (Lipinski definition) is 1. The molecule has 1 unspecified atom stereocenters. The van der Waals surface area contributed by atoms with Crippen molar-refractivity contribution in [3.8, 4) is 0 Å². The lowest BCUT2D eigenvalue weighted by Gasteiger charge is -2.19. The Balaban J connectivity index is 3.30. The van der Waals surface area contributed by atoms with E-state index in [-0.39, 0.29) is 6.09 Å². The van der Waals surface area contributed by atoms with Crippen LogP contribution in [0.3, 0.4) is 0 Å². The maximum Gasteiger partial charge on any atom is 0.407 e. The van der Waals surface area contributed by atoms with E-state index in [2.05, 4.69) is 30.9 Å². The van der Waals surface area contributed by atoms with Crippen LogP contribution < -0.4 is 5.32 Å². The first-order chi connectivity index (χ1) is 8.85. The van der Waals surface area contributed by atoms with Crippen LogP contribution in [-0.2, 0) is 4.74 Å². The molecule has 4 heteroatoms. The summed E-state index contributed by atoms with van der Waals surface area (Å²) in [5, 5.41) is 3.58. The van der Waals surface area contributed by atoms with E-state index in [0.717, 1.165) is 11.7 Å². The summed E-state index contributed by atoms with van der Waals surface area (Å²) in [6, 6.07) is 0. The third-order valence-corrected chi connectivity index (χ3v) is 4.14. The van der Waals surface area contributed by atoms with E-state index in [9.17, 15) is 4.79 Å². The van der Waals surface area contributed by atoms with Gasteiger partial charge in [-0.05, 0) is 45.8 Å². The Hall–Kier alpha value is -0.380. The summed E-state index contributed by atoms with van der Waals surface area (Å²) in [7, 11) is 0. The number of hydrogen-bond acceptors (Lipinski definition) is 3. The number of amides is 1. The first kappa shape index (κ1) is 18.6. The van der Waals surface area contributed by atoms with Crippen LogP contribution in [0.2, 0.25) is 0 Å². The second-order valence-electron chi connectivity index (χ2n) is 5.93. The fourth-order valence-electron chi connectivity index (χ4n) is 1.49. The predicted molar refractivity (Wildman–Crippen MR) is 84.9 cm³/mol. The first-order valence-electron chi connectivity index (χ1n) is 7.43. The maximum atomic E-state index is 11.4. The van der Waals surface area contributed by atoms with Crippen molar-refractivity contribution >= 4 is 17.9 Å². The highest BCUT2D eigenvalue weighted by Crippen LogP contribution is 2.16. The fourth-order valence-corrected chi connectivity index (χ4v) is 2.50. The molecule has 0 aliphatic carbocycles. The van der Waals surface area contributed by atoms with Crippen molar-refractivity contribution < 1.29 is 9.53 Å². The highest BCUT2D eigenvalue weighted by molar-refractivity contribution is 7.99. The van der Waals surface area contributed by atoms with Crippen molar-refractivity contribution in [2.75, 3.05) is 12.3 Å². The van der Waals surface area contributed by atoms with Gasteiger partial charge in [-0.3, -0.25) is 0 Å². The third-order valence-electron chi connectivity index (χ3n) is 2.72. The molecule has 3 nitrogen and oxygen atoms in total. The van der Waals surface area contributed by atoms with E-state index in [1.807, 2.05) is 20.8 Å². The molecule has 19 heavy (non-hydrogen) atoms. The molecule has 0 rings (SSSR count). The molecule has 114 valence electrons. The summed E-state index contributed by atoms with van der Waals surface area (Å²) in [6.45, 7) is 10.9. The lowest BCUT2D eigenvalue weighted by atomic mass is 10.2. The van der Waals surface area contributed by atoms with Crippen molar-refractivity contribution in [2.45, 2.75) is 77.6 Å². The molecule has 0 saturated carbocycles. The molecule has 0 fully saturated rings. The molecule has 0 aromatic rings. The van der Waals surface area contributed by atoms with Gasteiger partial charge < -0.3 is 10.1 Å². The Labute approximate surface area is 123 Å². The molecule has 1 atom stereocenters. The average molecular weight is 289 g/mol. The zero-order chi connectivity index (χ0) is 14.7. The van der Waals surface area contributed by atoms with Crippen molar-refractivity contribution in [3.05, 3.63) is 0 Å². The highest BCUT2D eigenvalue weighted by Gasteiger charge is 2.15. The van der Waals surface area contributed by atoms with Gasteiger partial charge in [-0.15, -0.1) is 0 Å². The molecule has 0 aromatic carbocycles. The van der Waals surface area contributed by atoms with Gasteiger partial charge in [0.15, 0.2) is 0 Å². The number of nitrogens with one attached hydrogen (secondary N) is 1. The van der Waals surface area contributed by atoms with E-state index in [0.29, 0.717) is 6.54 Å². The number of unbranched alkanes of at least 4 members (excludes halogenated alkanes) is 3. The van der Waals surface area contributed by atoms with Crippen LogP contribution in [0.25, 0.3) is 0 Å². The van der Waals surface area contributed by atoms with Crippen LogP contribution in [0.5, 0.6) is 0 Å². The number of thioether (sulfide) groups is 1.